The highest BCUT2D eigenvalue weighted by Gasteiger charge is 2.26. The second-order valence-corrected chi connectivity index (χ2v) is 12.1. The lowest BCUT2D eigenvalue weighted by molar-refractivity contribution is 0.0632. The second-order valence-electron chi connectivity index (χ2n) is 10.7. The Hall–Kier alpha value is -4.81. The molecule has 3 aromatic carbocycles. The molecule has 1 amide bonds. The third kappa shape index (κ3) is 7.83. The van der Waals surface area contributed by atoms with Gasteiger partial charge in [-0.05, 0) is 66.8 Å². The normalized spacial score (nSPS) is 15.3. The standard InChI is InChI=1S/C33H33FN4O6S/c1-2-23-16-28(24-9-12-27(34)13-10-24)29(39)17-30(23)44-21-22-6-5-15-38(20-22)33(40)26-11-14-32(35-18-26)37-36-19-25-7-3-4-8-31(25)45(41,42)43/h3-4,7-14,16-19,22,39H,2,5-6,15,20-21H2,1H3,(H,35,37)(H,41,42,43)/b36-19+. The molecule has 1 aromatic heterocycles. The number of halogens is 1. The molecule has 10 nitrogen and oxygen atoms in total. The number of hydrogen-bond acceptors (Lipinski definition) is 8. The Morgan fingerprint density at radius 2 is 1.93 bits per heavy atom. The van der Waals surface area contributed by atoms with E-state index in [4.69, 9.17) is 4.74 Å². The van der Waals surface area contributed by atoms with Crippen LogP contribution >= 0.6 is 0 Å². The van der Waals surface area contributed by atoms with Gasteiger partial charge in [-0.1, -0.05) is 37.3 Å². The molecule has 0 spiro atoms. The number of hydrazone groups is 1. The number of anilines is 1. The summed E-state index contributed by atoms with van der Waals surface area (Å²) in [5, 5.41) is 14.7. The van der Waals surface area contributed by atoms with E-state index < -0.39 is 10.1 Å². The SMILES string of the molecule is CCc1cc(-c2ccc(F)cc2)c(O)cc1OCC1CCCN(C(=O)c2ccc(N/N=C/c3ccccc3S(=O)(=O)O)nc2)C1. The number of ether oxygens (including phenoxy) is 1. The molecule has 234 valence electrons. The van der Waals surface area contributed by atoms with Crippen molar-refractivity contribution < 1.29 is 32.0 Å². The van der Waals surface area contributed by atoms with Gasteiger partial charge in [-0.3, -0.25) is 14.8 Å². The maximum atomic E-state index is 13.4. The molecule has 1 aliphatic rings. The first-order valence-corrected chi connectivity index (χ1v) is 15.9. The van der Waals surface area contributed by atoms with E-state index in [0.717, 1.165) is 18.4 Å². The van der Waals surface area contributed by atoms with Gasteiger partial charge >= 0.3 is 0 Å². The fourth-order valence-electron chi connectivity index (χ4n) is 5.24. The fraction of sp³-hybridized carbons (Fsp3) is 0.242. The zero-order valence-corrected chi connectivity index (χ0v) is 25.4. The molecule has 0 radical (unpaired) electrons. The highest BCUT2D eigenvalue weighted by Crippen LogP contribution is 2.36. The van der Waals surface area contributed by atoms with Crippen molar-refractivity contribution in [2.45, 2.75) is 31.1 Å². The van der Waals surface area contributed by atoms with Gasteiger partial charge in [0.15, 0.2) is 0 Å². The average molecular weight is 633 g/mol. The van der Waals surface area contributed by atoms with Gasteiger partial charge < -0.3 is 14.7 Å². The maximum absolute atomic E-state index is 13.4. The van der Waals surface area contributed by atoms with Gasteiger partial charge in [-0.25, -0.2) is 9.37 Å². The predicted octanol–water partition coefficient (Wildman–Crippen LogP) is 5.78. The first-order valence-electron chi connectivity index (χ1n) is 14.5. The molecule has 0 aliphatic carbocycles. The summed E-state index contributed by atoms with van der Waals surface area (Å²) < 4.78 is 52.0. The Bertz CT molecular complexity index is 1800. The molecule has 2 heterocycles. The number of carbonyl (C=O) groups excluding carboxylic acids is 1. The van der Waals surface area contributed by atoms with Gasteiger partial charge in [0, 0.05) is 42.4 Å². The molecule has 1 aliphatic heterocycles. The van der Waals surface area contributed by atoms with Crippen molar-refractivity contribution in [2.24, 2.45) is 11.0 Å². The van der Waals surface area contributed by atoms with E-state index >= 15 is 0 Å². The number of amides is 1. The average Bonchev–Trinajstić information content (AvgIpc) is 3.04. The molecular weight excluding hydrogens is 599 g/mol. The number of rotatable bonds is 10. The van der Waals surface area contributed by atoms with Gasteiger partial charge in [0.2, 0.25) is 0 Å². The predicted molar refractivity (Wildman–Crippen MR) is 169 cm³/mol. The summed E-state index contributed by atoms with van der Waals surface area (Å²) in [4.78, 5) is 19.0. The number of nitrogens with one attached hydrogen (secondary N) is 1. The lowest BCUT2D eigenvalue weighted by Crippen LogP contribution is -2.41. The first kappa shape index (κ1) is 31.6. The Kier molecular flexibility index (Phi) is 9.74. The molecular formula is C33H33FN4O6S. The van der Waals surface area contributed by atoms with Crippen LogP contribution < -0.4 is 10.2 Å². The van der Waals surface area contributed by atoms with Crippen molar-refractivity contribution in [2.75, 3.05) is 25.1 Å². The first-order chi connectivity index (χ1) is 21.6. The highest BCUT2D eigenvalue weighted by atomic mass is 32.2. The molecule has 1 unspecified atom stereocenters. The number of aromatic hydroxyl groups is 1. The molecule has 5 rings (SSSR count). The molecule has 12 heteroatoms. The largest absolute Gasteiger partial charge is 0.507 e. The summed E-state index contributed by atoms with van der Waals surface area (Å²) in [5.41, 5.74) is 5.55. The van der Waals surface area contributed by atoms with E-state index in [0.29, 0.717) is 54.4 Å². The molecule has 3 N–H and O–H groups in total. The third-order valence-electron chi connectivity index (χ3n) is 7.59. The molecule has 1 atom stereocenters. The van der Waals surface area contributed by atoms with E-state index in [1.165, 1.54) is 42.7 Å². The quantitative estimate of drug-likeness (QED) is 0.114. The summed E-state index contributed by atoms with van der Waals surface area (Å²) >= 11 is 0. The van der Waals surface area contributed by atoms with Crippen molar-refractivity contribution in [1.29, 1.82) is 0 Å². The van der Waals surface area contributed by atoms with Crippen LogP contribution in [0.2, 0.25) is 0 Å². The number of piperidine rings is 1. The number of aromatic nitrogens is 1. The minimum Gasteiger partial charge on any atom is -0.507 e. The van der Waals surface area contributed by atoms with Crippen LogP contribution in [-0.4, -0.2) is 59.8 Å². The summed E-state index contributed by atoms with van der Waals surface area (Å²) in [6.45, 7) is 3.50. The van der Waals surface area contributed by atoms with Crippen LogP contribution in [0.3, 0.4) is 0 Å². The van der Waals surface area contributed by atoms with Gasteiger partial charge in [0.25, 0.3) is 16.0 Å². The molecule has 1 saturated heterocycles. The van der Waals surface area contributed by atoms with Gasteiger partial charge in [-0.2, -0.15) is 13.5 Å². The topological polar surface area (TPSA) is 141 Å². The number of pyridine rings is 1. The Morgan fingerprint density at radius 3 is 2.64 bits per heavy atom. The molecule has 1 fully saturated rings. The van der Waals surface area contributed by atoms with Crippen molar-refractivity contribution in [3.8, 4) is 22.6 Å². The molecule has 0 saturated carbocycles. The van der Waals surface area contributed by atoms with Crippen LogP contribution in [0.15, 0.2) is 89.0 Å². The summed E-state index contributed by atoms with van der Waals surface area (Å²) in [7, 11) is -4.40. The van der Waals surface area contributed by atoms with Crippen molar-refractivity contribution in [1.82, 2.24) is 9.88 Å². The number of hydrogen-bond donors (Lipinski definition) is 3. The number of aryl methyl sites for hydroxylation is 1. The Balaban J connectivity index is 1.18. The smallest absolute Gasteiger partial charge is 0.295 e. The number of nitrogens with zero attached hydrogens (tertiary/aromatic N) is 3. The zero-order valence-electron chi connectivity index (χ0n) is 24.6. The van der Waals surface area contributed by atoms with Crippen LogP contribution in [0.25, 0.3) is 11.1 Å². The van der Waals surface area contributed by atoms with Gasteiger partial charge in [-0.15, -0.1) is 0 Å². The summed E-state index contributed by atoms with van der Waals surface area (Å²) in [5.74, 6) is 0.580. The van der Waals surface area contributed by atoms with Crippen LogP contribution in [0.5, 0.6) is 11.5 Å². The molecule has 0 bridgehead atoms. The fourth-order valence-corrected chi connectivity index (χ4v) is 5.91. The van der Waals surface area contributed by atoms with Crippen LogP contribution in [0.4, 0.5) is 10.2 Å². The Labute approximate surface area is 261 Å². The van der Waals surface area contributed by atoms with Crippen LogP contribution in [-0.2, 0) is 16.5 Å². The van der Waals surface area contributed by atoms with E-state index in [1.807, 2.05) is 13.0 Å². The van der Waals surface area contributed by atoms with E-state index in [1.54, 1.807) is 41.3 Å². The van der Waals surface area contributed by atoms with Gasteiger partial charge in [0.05, 0.1) is 18.4 Å². The third-order valence-corrected chi connectivity index (χ3v) is 8.51. The number of phenolic OH excluding ortho intramolecular Hbond substituents is 1. The second kappa shape index (κ2) is 13.9. The van der Waals surface area contributed by atoms with Crippen molar-refractivity contribution in [3.05, 3.63) is 102 Å². The number of benzene rings is 3. The number of phenols is 1. The minimum atomic E-state index is -4.40. The lowest BCUT2D eigenvalue weighted by Gasteiger charge is -2.33. The van der Waals surface area contributed by atoms with E-state index in [2.05, 4.69) is 15.5 Å². The molecule has 45 heavy (non-hydrogen) atoms. The summed E-state index contributed by atoms with van der Waals surface area (Å²) in [6.07, 6.45) is 5.10. The van der Waals surface area contributed by atoms with Crippen LogP contribution in [0.1, 0.15) is 41.3 Å². The minimum absolute atomic E-state index is 0.0494. The van der Waals surface area contributed by atoms with Crippen LogP contribution in [0, 0.1) is 11.7 Å². The van der Waals surface area contributed by atoms with Gasteiger partial charge in [0.1, 0.15) is 28.0 Å². The highest BCUT2D eigenvalue weighted by molar-refractivity contribution is 7.86. The number of carbonyl (C=O) groups is 1. The number of likely N-dealkylation sites (tertiary alicyclic amines) is 1. The van der Waals surface area contributed by atoms with Crippen molar-refractivity contribution in [3.63, 3.8) is 0 Å². The molecule has 4 aromatic rings. The monoisotopic (exact) mass is 632 g/mol. The zero-order chi connectivity index (χ0) is 32.0. The maximum Gasteiger partial charge on any atom is 0.295 e. The van der Waals surface area contributed by atoms with E-state index in [-0.39, 0.29) is 33.9 Å². The Morgan fingerprint density at radius 1 is 1.16 bits per heavy atom. The van der Waals surface area contributed by atoms with E-state index in [9.17, 15) is 27.3 Å². The lowest BCUT2D eigenvalue weighted by atomic mass is 9.98. The van der Waals surface area contributed by atoms with Crippen molar-refractivity contribution >= 4 is 28.1 Å². The summed E-state index contributed by atoms with van der Waals surface area (Å²) in [6, 6.07) is 18.5.